The Labute approximate surface area is 97.8 Å². The highest BCUT2D eigenvalue weighted by atomic mass is 28.4. The van der Waals surface area contributed by atoms with Gasteiger partial charge in [-0.3, -0.25) is 0 Å². The van der Waals surface area contributed by atoms with Crippen molar-refractivity contribution >= 4 is 8.32 Å². The second-order valence-corrected chi connectivity index (χ2v) is 10.2. The first-order chi connectivity index (χ1) is 7.22. The van der Waals surface area contributed by atoms with E-state index >= 15 is 0 Å². The minimum absolute atomic E-state index is 0.0797. The molecule has 0 spiro atoms. The summed E-state index contributed by atoms with van der Waals surface area (Å²) in [5, 5.41) is 9.24. The molecule has 1 N–H and O–H groups in total. The van der Waals surface area contributed by atoms with Crippen LogP contribution in [0, 0.1) is 0 Å². The number of hydrogen-bond acceptors (Lipinski definition) is 4. The van der Waals surface area contributed by atoms with Crippen LogP contribution in [0.2, 0.25) is 18.1 Å². The molecule has 0 atom stereocenters. The van der Waals surface area contributed by atoms with Crippen molar-refractivity contribution in [1.29, 1.82) is 0 Å². The van der Waals surface area contributed by atoms with Crippen molar-refractivity contribution in [2.45, 2.75) is 45.5 Å². The minimum Gasteiger partial charge on any atom is -0.505 e. The van der Waals surface area contributed by atoms with Crippen molar-refractivity contribution in [2.24, 2.45) is 0 Å². The van der Waals surface area contributed by atoms with E-state index < -0.39 is 8.32 Å². The van der Waals surface area contributed by atoms with E-state index in [4.69, 9.17) is 9.53 Å². The fourth-order valence-corrected chi connectivity index (χ4v) is 1.81. The summed E-state index contributed by atoms with van der Waals surface area (Å²) >= 11 is 0. The lowest BCUT2D eigenvalue weighted by Crippen LogP contribution is -2.40. The number of hydrogen-bond donors (Lipinski definition) is 1. The zero-order valence-electron chi connectivity index (χ0n) is 10.6. The monoisotopic (exact) mass is 240 g/mol. The largest absolute Gasteiger partial charge is 0.505 e. The Bertz CT molecular complexity index is 344. The molecule has 0 aliphatic rings. The molecule has 1 heterocycles. The molecule has 1 aromatic rings. The first kappa shape index (κ1) is 13.1. The molecule has 0 unspecified atom stereocenters. The molecule has 4 nitrogen and oxygen atoms in total. The van der Waals surface area contributed by atoms with Crippen molar-refractivity contribution < 1.29 is 9.53 Å². The van der Waals surface area contributed by atoms with E-state index in [0.717, 1.165) is 0 Å². The van der Waals surface area contributed by atoms with E-state index in [0.29, 0.717) is 12.4 Å². The predicted octanol–water partition coefficient (Wildman–Crippen LogP) is 2.70. The molecule has 0 aliphatic carbocycles. The van der Waals surface area contributed by atoms with Crippen LogP contribution in [0.25, 0.3) is 0 Å². The van der Waals surface area contributed by atoms with E-state index in [2.05, 4.69) is 43.8 Å². The van der Waals surface area contributed by atoms with Gasteiger partial charge in [-0.15, -0.1) is 0 Å². The Morgan fingerprint density at radius 2 is 1.75 bits per heavy atom. The van der Waals surface area contributed by atoms with Gasteiger partial charge in [0.2, 0.25) is 0 Å². The Morgan fingerprint density at radius 3 is 2.19 bits per heavy atom. The fourth-order valence-electron chi connectivity index (χ4n) is 0.884. The maximum Gasteiger partial charge on any atom is 0.192 e. The molecule has 0 radical (unpaired) electrons. The van der Waals surface area contributed by atoms with Crippen LogP contribution in [0.15, 0.2) is 12.4 Å². The molecule has 0 saturated carbocycles. The Balaban J connectivity index is 2.61. The summed E-state index contributed by atoms with van der Waals surface area (Å²) in [5.41, 5.74) is 0. The van der Waals surface area contributed by atoms with Crippen molar-refractivity contribution in [3.8, 4) is 5.75 Å². The predicted molar refractivity (Wildman–Crippen MR) is 65.7 cm³/mol. The summed E-state index contributed by atoms with van der Waals surface area (Å²) in [7, 11) is -1.74. The fraction of sp³-hybridized carbons (Fsp3) is 0.636. The maximum atomic E-state index is 9.06. The van der Waals surface area contributed by atoms with Crippen LogP contribution in [-0.2, 0) is 11.0 Å². The lowest BCUT2D eigenvalue weighted by molar-refractivity contribution is 0.267. The SMILES string of the molecule is CC(C)(C)[Si](C)(C)OCc1ncc(O)cn1. The first-order valence-electron chi connectivity index (χ1n) is 5.36. The van der Waals surface area contributed by atoms with Gasteiger partial charge in [-0.1, -0.05) is 20.8 Å². The van der Waals surface area contributed by atoms with E-state index in [9.17, 15) is 0 Å². The molecule has 0 amide bonds. The summed E-state index contributed by atoms with van der Waals surface area (Å²) < 4.78 is 5.95. The number of rotatable bonds is 3. The van der Waals surface area contributed by atoms with Crippen LogP contribution < -0.4 is 0 Å². The topological polar surface area (TPSA) is 55.2 Å². The zero-order valence-corrected chi connectivity index (χ0v) is 11.6. The van der Waals surface area contributed by atoms with Crippen LogP contribution in [-0.4, -0.2) is 23.4 Å². The van der Waals surface area contributed by atoms with Crippen molar-refractivity contribution in [1.82, 2.24) is 9.97 Å². The van der Waals surface area contributed by atoms with Crippen molar-refractivity contribution in [2.75, 3.05) is 0 Å². The lowest BCUT2D eigenvalue weighted by Gasteiger charge is -2.35. The van der Waals surface area contributed by atoms with Crippen LogP contribution >= 0.6 is 0 Å². The van der Waals surface area contributed by atoms with Crippen LogP contribution in [0.4, 0.5) is 0 Å². The third-order valence-electron chi connectivity index (χ3n) is 3.06. The third kappa shape index (κ3) is 3.28. The summed E-state index contributed by atoms with van der Waals surface area (Å²) in [5.74, 6) is 0.693. The molecule has 0 fully saturated rings. The standard InChI is InChI=1S/C11H20N2O2Si/c1-11(2,3)16(4,5)15-8-10-12-6-9(14)7-13-10/h6-7,14H,8H2,1-5H3. The summed E-state index contributed by atoms with van der Waals surface area (Å²) in [6, 6.07) is 0. The molecule has 5 heteroatoms. The molecule has 0 bridgehead atoms. The van der Waals surface area contributed by atoms with E-state index in [1.54, 1.807) is 0 Å². The molecule has 1 aromatic heterocycles. The Hall–Kier alpha value is -0.943. The smallest absolute Gasteiger partial charge is 0.192 e. The molecule has 0 aliphatic heterocycles. The van der Waals surface area contributed by atoms with Crippen molar-refractivity contribution in [3.05, 3.63) is 18.2 Å². The van der Waals surface area contributed by atoms with Gasteiger partial charge in [0, 0.05) is 0 Å². The van der Waals surface area contributed by atoms with Gasteiger partial charge in [0.1, 0.15) is 0 Å². The highest BCUT2D eigenvalue weighted by Gasteiger charge is 2.37. The molecule has 90 valence electrons. The highest BCUT2D eigenvalue weighted by molar-refractivity contribution is 6.74. The summed E-state index contributed by atoms with van der Waals surface area (Å²) in [6.07, 6.45) is 2.77. The molecular weight excluding hydrogens is 220 g/mol. The zero-order chi connectivity index (χ0) is 12.4. The third-order valence-corrected chi connectivity index (χ3v) is 7.54. The summed E-state index contributed by atoms with van der Waals surface area (Å²) in [6.45, 7) is 11.4. The van der Waals surface area contributed by atoms with E-state index in [1.807, 2.05) is 0 Å². The Morgan fingerprint density at radius 1 is 1.25 bits per heavy atom. The molecule has 0 saturated heterocycles. The van der Waals surface area contributed by atoms with Gasteiger partial charge in [0.25, 0.3) is 0 Å². The van der Waals surface area contributed by atoms with Crippen LogP contribution in [0.3, 0.4) is 0 Å². The van der Waals surface area contributed by atoms with Gasteiger partial charge >= 0.3 is 0 Å². The number of aromatic nitrogens is 2. The van der Waals surface area contributed by atoms with Gasteiger partial charge in [0.15, 0.2) is 19.9 Å². The minimum atomic E-state index is -1.74. The van der Waals surface area contributed by atoms with Crippen LogP contribution in [0.1, 0.15) is 26.6 Å². The van der Waals surface area contributed by atoms with Gasteiger partial charge in [-0.25, -0.2) is 9.97 Å². The van der Waals surface area contributed by atoms with Crippen molar-refractivity contribution in [3.63, 3.8) is 0 Å². The second kappa shape index (κ2) is 4.51. The second-order valence-electron chi connectivity index (χ2n) is 5.41. The number of aromatic hydroxyl groups is 1. The molecule has 16 heavy (non-hydrogen) atoms. The molecular formula is C11H20N2O2Si. The Kier molecular flexibility index (Phi) is 3.70. The van der Waals surface area contributed by atoms with Gasteiger partial charge in [0.05, 0.1) is 19.0 Å². The normalized spacial score (nSPS) is 12.8. The van der Waals surface area contributed by atoms with Gasteiger partial charge in [-0.05, 0) is 18.1 Å². The van der Waals surface area contributed by atoms with E-state index in [-0.39, 0.29) is 10.8 Å². The first-order valence-corrected chi connectivity index (χ1v) is 8.27. The maximum absolute atomic E-state index is 9.06. The highest BCUT2D eigenvalue weighted by Crippen LogP contribution is 2.36. The van der Waals surface area contributed by atoms with E-state index in [1.165, 1.54) is 12.4 Å². The van der Waals surface area contributed by atoms with Gasteiger partial charge < -0.3 is 9.53 Å². The van der Waals surface area contributed by atoms with Gasteiger partial charge in [-0.2, -0.15) is 0 Å². The average molecular weight is 240 g/mol. The summed E-state index contributed by atoms with van der Waals surface area (Å²) in [4.78, 5) is 8.00. The number of nitrogens with zero attached hydrogens (tertiary/aromatic N) is 2. The molecule has 1 rings (SSSR count). The van der Waals surface area contributed by atoms with Crippen LogP contribution in [0.5, 0.6) is 5.75 Å². The lowest BCUT2D eigenvalue weighted by atomic mass is 10.2. The quantitative estimate of drug-likeness (QED) is 0.825. The molecule has 0 aromatic carbocycles. The average Bonchev–Trinajstić information content (AvgIpc) is 2.15.